The van der Waals surface area contributed by atoms with Gasteiger partial charge < -0.3 is 15.0 Å². The van der Waals surface area contributed by atoms with E-state index in [9.17, 15) is 22.4 Å². The first kappa shape index (κ1) is 29.1. The topological polar surface area (TPSA) is 96.0 Å². The molecule has 1 N–H and O–H groups in total. The van der Waals surface area contributed by atoms with Crippen molar-refractivity contribution >= 4 is 27.5 Å². The summed E-state index contributed by atoms with van der Waals surface area (Å²) in [5.41, 5.74) is 0.757. The molecular formula is C26H36FN3O5S. The Bertz CT molecular complexity index is 1110. The second-order valence-electron chi connectivity index (χ2n) is 8.58. The molecule has 1 atom stereocenters. The predicted octanol–water partition coefficient (Wildman–Crippen LogP) is 3.71. The van der Waals surface area contributed by atoms with E-state index in [-0.39, 0.29) is 43.4 Å². The summed E-state index contributed by atoms with van der Waals surface area (Å²) in [6.45, 7) is 4.35. The van der Waals surface area contributed by atoms with Gasteiger partial charge in [0.15, 0.2) is 0 Å². The number of hydrogen-bond donors (Lipinski definition) is 1. The van der Waals surface area contributed by atoms with Gasteiger partial charge in [-0.05, 0) is 49.6 Å². The lowest BCUT2D eigenvalue weighted by atomic mass is 10.1. The molecule has 0 spiro atoms. The molecule has 2 aromatic rings. The molecule has 2 amide bonds. The third kappa shape index (κ3) is 8.51. The van der Waals surface area contributed by atoms with E-state index >= 15 is 0 Å². The number of rotatable bonds is 14. The molecule has 0 radical (unpaired) electrons. The molecule has 0 aliphatic rings. The Morgan fingerprint density at radius 1 is 1.08 bits per heavy atom. The fourth-order valence-electron chi connectivity index (χ4n) is 3.68. The SMILES string of the molecule is CCCCNC(=O)C(C)N(Cc1ccc(OC)cc1)C(=O)CCCN(c1ccccc1F)S(C)(=O)=O. The van der Waals surface area contributed by atoms with Crippen LogP contribution in [-0.4, -0.2) is 57.6 Å². The molecule has 0 heterocycles. The zero-order valence-corrected chi connectivity index (χ0v) is 22.2. The van der Waals surface area contributed by atoms with Crippen molar-refractivity contribution in [2.45, 2.75) is 52.1 Å². The molecule has 0 aliphatic carbocycles. The monoisotopic (exact) mass is 521 g/mol. The van der Waals surface area contributed by atoms with Gasteiger partial charge >= 0.3 is 0 Å². The summed E-state index contributed by atoms with van der Waals surface area (Å²) in [5, 5.41) is 2.86. The van der Waals surface area contributed by atoms with Gasteiger partial charge in [-0.3, -0.25) is 13.9 Å². The molecule has 0 saturated heterocycles. The van der Waals surface area contributed by atoms with Crippen molar-refractivity contribution in [3.63, 3.8) is 0 Å². The molecular weight excluding hydrogens is 485 g/mol. The Hall–Kier alpha value is -3.14. The Labute approximate surface area is 213 Å². The summed E-state index contributed by atoms with van der Waals surface area (Å²) in [6.07, 6.45) is 2.91. The number of benzene rings is 2. The summed E-state index contributed by atoms with van der Waals surface area (Å²) < 4.78 is 45.0. The molecule has 2 rings (SSSR count). The second-order valence-corrected chi connectivity index (χ2v) is 10.5. The van der Waals surface area contributed by atoms with Crippen LogP contribution in [0.2, 0.25) is 0 Å². The number of halogens is 1. The minimum absolute atomic E-state index is 0.0107. The molecule has 0 saturated carbocycles. The number of nitrogens with zero attached hydrogens (tertiary/aromatic N) is 2. The number of ether oxygens (including phenoxy) is 1. The highest BCUT2D eigenvalue weighted by Crippen LogP contribution is 2.22. The lowest BCUT2D eigenvalue weighted by Gasteiger charge is -2.29. The highest BCUT2D eigenvalue weighted by atomic mass is 32.2. The van der Waals surface area contributed by atoms with Crippen LogP contribution in [0.3, 0.4) is 0 Å². The van der Waals surface area contributed by atoms with Crippen molar-refractivity contribution in [2.24, 2.45) is 0 Å². The number of methoxy groups -OCH3 is 1. The molecule has 0 fully saturated rings. The number of unbranched alkanes of at least 4 members (excludes halogenated alkanes) is 1. The minimum atomic E-state index is -3.76. The lowest BCUT2D eigenvalue weighted by Crippen LogP contribution is -2.48. The van der Waals surface area contributed by atoms with Crippen molar-refractivity contribution in [3.05, 3.63) is 59.9 Å². The quantitative estimate of drug-likeness (QED) is 0.383. The van der Waals surface area contributed by atoms with E-state index in [0.29, 0.717) is 12.3 Å². The molecule has 198 valence electrons. The molecule has 36 heavy (non-hydrogen) atoms. The second kappa shape index (κ2) is 13.8. The maximum atomic E-state index is 14.3. The fourth-order valence-corrected chi connectivity index (χ4v) is 4.65. The number of amides is 2. The summed E-state index contributed by atoms with van der Waals surface area (Å²) in [4.78, 5) is 27.5. The Balaban J connectivity index is 2.16. The van der Waals surface area contributed by atoms with E-state index < -0.39 is 21.9 Å². The zero-order chi connectivity index (χ0) is 26.7. The standard InChI is InChI=1S/C26H36FN3O5S/c1-5-6-17-28-26(32)20(2)29(19-21-13-15-22(35-3)16-14-21)25(31)12-9-18-30(36(4,33)34)24-11-8-7-10-23(24)27/h7-8,10-11,13-16,20H,5-6,9,12,17-19H2,1-4H3,(H,28,32). The van der Waals surface area contributed by atoms with Crippen molar-refractivity contribution in [3.8, 4) is 5.75 Å². The van der Waals surface area contributed by atoms with Crippen molar-refractivity contribution in [1.82, 2.24) is 10.2 Å². The number of nitrogens with one attached hydrogen (secondary N) is 1. The van der Waals surface area contributed by atoms with E-state index in [1.165, 1.54) is 23.1 Å². The van der Waals surface area contributed by atoms with E-state index in [0.717, 1.165) is 29.0 Å². The molecule has 0 aliphatic heterocycles. The minimum Gasteiger partial charge on any atom is -0.497 e. The third-order valence-electron chi connectivity index (χ3n) is 5.78. The number of carbonyl (C=O) groups is 2. The van der Waals surface area contributed by atoms with Crippen LogP contribution < -0.4 is 14.4 Å². The molecule has 0 aromatic heterocycles. The van der Waals surface area contributed by atoms with E-state index in [4.69, 9.17) is 4.74 Å². The smallest absolute Gasteiger partial charge is 0.242 e. The van der Waals surface area contributed by atoms with Crippen LogP contribution in [0.15, 0.2) is 48.5 Å². The summed E-state index contributed by atoms with van der Waals surface area (Å²) in [7, 11) is -2.20. The van der Waals surface area contributed by atoms with E-state index in [1.807, 2.05) is 19.1 Å². The third-order valence-corrected chi connectivity index (χ3v) is 6.96. The summed E-state index contributed by atoms with van der Waals surface area (Å²) in [5.74, 6) is -0.538. The normalized spacial score (nSPS) is 12.0. The molecule has 0 bridgehead atoms. The van der Waals surface area contributed by atoms with Gasteiger partial charge in [-0.2, -0.15) is 0 Å². The fraction of sp³-hybridized carbons (Fsp3) is 0.462. The van der Waals surface area contributed by atoms with Crippen LogP contribution in [0, 0.1) is 5.82 Å². The number of anilines is 1. The Kier molecular flexibility index (Phi) is 11.2. The zero-order valence-electron chi connectivity index (χ0n) is 21.4. The van der Waals surface area contributed by atoms with Crippen LogP contribution >= 0.6 is 0 Å². The van der Waals surface area contributed by atoms with Gasteiger partial charge in [-0.1, -0.05) is 37.6 Å². The van der Waals surface area contributed by atoms with Gasteiger partial charge in [0.25, 0.3) is 0 Å². The first-order chi connectivity index (χ1) is 17.1. The van der Waals surface area contributed by atoms with Gasteiger partial charge in [-0.15, -0.1) is 0 Å². The first-order valence-corrected chi connectivity index (χ1v) is 13.9. The van der Waals surface area contributed by atoms with Gasteiger partial charge in [0, 0.05) is 26.1 Å². The van der Waals surface area contributed by atoms with Crippen LogP contribution in [0.25, 0.3) is 0 Å². The van der Waals surface area contributed by atoms with Gasteiger partial charge in [0.2, 0.25) is 21.8 Å². The highest BCUT2D eigenvalue weighted by molar-refractivity contribution is 7.92. The van der Waals surface area contributed by atoms with Crippen LogP contribution in [-0.2, 0) is 26.2 Å². The predicted molar refractivity (Wildman–Crippen MR) is 139 cm³/mol. The average molecular weight is 522 g/mol. The number of para-hydroxylation sites is 1. The van der Waals surface area contributed by atoms with Gasteiger partial charge in [0.1, 0.15) is 17.6 Å². The average Bonchev–Trinajstić information content (AvgIpc) is 2.85. The maximum absolute atomic E-state index is 14.3. The van der Waals surface area contributed by atoms with Crippen LogP contribution in [0.5, 0.6) is 5.75 Å². The lowest BCUT2D eigenvalue weighted by molar-refractivity contribution is -0.140. The number of carbonyl (C=O) groups excluding carboxylic acids is 2. The van der Waals surface area contributed by atoms with Crippen LogP contribution in [0.1, 0.15) is 45.1 Å². The maximum Gasteiger partial charge on any atom is 0.242 e. The van der Waals surface area contributed by atoms with Crippen molar-refractivity contribution in [1.29, 1.82) is 0 Å². The molecule has 8 nitrogen and oxygen atoms in total. The largest absolute Gasteiger partial charge is 0.497 e. The molecule has 2 aromatic carbocycles. The van der Waals surface area contributed by atoms with Gasteiger partial charge in [0.05, 0.1) is 19.1 Å². The summed E-state index contributed by atoms with van der Waals surface area (Å²) in [6, 6.07) is 12.1. The van der Waals surface area contributed by atoms with Crippen molar-refractivity contribution < 1.29 is 27.1 Å². The Morgan fingerprint density at radius 3 is 2.33 bits per heavy atom. The van der Waals surface area contributed by atoms with E-state index in [2.05, 4.69) is 5.32 Å². The van der Waals surface area contributed by atoms with Crippen LogP contribution in [0.4, 0.5) is 10.1 Å². The number of hydrogen-bond acceptors (Lipinski definition) is 5. The molecule has 10 heteroatoms. The number of sulfonamides is 1. The summed E-state index contributed by atoms with van der Waals surface area (Å²) >= 11 is 0. The highest BCUT2D eigenvalue weighted by Gasteiger charge is 2.27. The van der Waals surface area contributed by atoms with Crippen molar-refractivity contribution in [2.75, 3.05) is 30.8 Å². The van der Waals surface area contributed by atoms with E-state index in [1.54, 1.807) is 32.2 Å². The van der Waals surface area contributed by atoms with Gasteiger partial charge in [-0.25, -0.2) is 12.8 Å². The first-order valence-electron chi connectivity index (χ1n) is 12.0. The molecule has 1 unspecified atom stereocenters. The Morgan fingerprint density at radius 2 is 1.75 bits per heavy atom.